The predicted octanol–water partition coefficient (Wildman–Crippen LogP) is 2.81. The molecule has 1 atom stereocenters. The third kappa shape index (κ3) is 4.96. The fourth-order valence-corrected chi connectivity index (χ4v) is 2.70. The summed E-state index contributed by atoms with van der Waals surface area (Å²) in [5.74, 6) is -0.422. The minimum atomic E-state index is -4.36. The molecule has 0 aliphatic carbocycles. The van der Waals surface area contributed by atoms with Gasteiger partial charge in [0, 0.05) is 6.54 Å². The van der Waals surface area contributed by atoms with Crippen molar-refractivity contribution in [3.05, 3.63) is 0 Å². The average Bonchev–Trinajstić information content (AvgIpc) is 2.24. The van der Waals surface area contributed by atoms with Crippen LogP contribution in [-0.2, 0) is 4.79 Å². The van der Waals surface area contributed by atoms with E-state index in [0.29, 0.717) is 6.54 Å². The van der Waals surface area contributed by atoms with E-state index < -0.39 is 24.7 Å². The van der Waals surface area contributed by atoms with Crippen LogP contribution in [0, 0.1) is 11.3 Å². The minimum Gasteiger partial charge on any atom is -0.332 e. The molecule has 0 spiro atoms. The Morgan fingerprint density at radius 2 is 2.00 bits per heavy atom. The van der Waals surface area contributed by atoms with Crippen LogP contribution in [0.25, 0.3) is 0 Å². The van der Waals surface area contributed by atoms with E-state index in [-0.39, 0.29) is 17.9 Å². The van der Waals surface area contributed by atoms with E-state index in [2.05, 4.69) is 5.32 Å². The SMILES string of the molecule is CC(C)CN(CC(F)(F)F)C(=O)C1NCCCC1(C)C. The molecule has 6 heteroatoms. The lowest BCUT2D eigenvalue weighted by Crippen LogP contribution is -2.58. The zero-order valence-corrected chi connectivity index (χ0v) is 12.7. The normalized spacial score (nSPS) is 22.9. The fourth-order valence-electron chi connectivity index (χ4n) is 2.70. The van der Waals surface area contributed by atoms with Crippen LogP contribution in [0.4, 0.5) is 13.2 Å². The lowest BCUT2D eigenvalue weighted by molar-refractivity contribution is -0.165. The van der Waals surface area contributed by atoms with E-state index in [0.717, 1.165) is 17.7 Å². The Hall–Kier alpha value is -0.780. The van der Waals surface area contributed by atoms with Crippen molar-refractivity contribution in [2.75, 3.05) is 19.6 Å². The van der Waals surface area contributed by atoms with Gasteiger partial charge >= 0.3 is 6.18 Å². The fraction of sp³-hybridized carbons (Fsp3) is 0.929. The van der Waals surface area contributed by atoms with Crippen LogP contribution >= 0.6 is 0 Å². The van der Waals surface area contributed by atoms with Gasteiger partial charge in [0.25, 0.3) is 0 Å². The minimum absolute atomic E-state index is 0.00741. The lowest BCUT2D eigenvalue weighted by atomic mass is 9.77. The highest BCUT2D eigenvalue weighted by atomic mass is 19.4. The number of rotatable bonds is 4. The van der Waals surface area contributed by atoms with Crippen molar-refractivity contribution >= 4 is 5.91 Å². The molecule has 0 aromatic carbocycles. The number of carbonyl (C=O) groups excluding carboxylic acids is 1. The molecule has 1 unspecified atom stereocenters. The van der Waals surface area contributed by atoms with Gasteiger partial charge in [0.15, 0.2) is 0 Å². The molecule has 1 aliphatic heterocycles. The molecule has 3 nitrogen and oxygen atoms in total. The number of carbonyl (C=O) groups is 1. The molecule has 1 aliphatic rings. The van der Waals surface area contributed by atoms with Crippen LogP contribution < -0.4 is 5.32 Å². The number of hydrogen-bond donors (Lipinski definition) is 1. The standard InChI is InChI=1S/C14H25F3N2O/c1-10(2)8-19(9-14(15,16)17)12(20)11-13(3,4)6-5-7-18-11/h10-11,18H,5-9H2,1-4H3. The highest BCUT2D eigenvalue weighted by Gasteiger charge is 2.42. The van der Waals surface area contributed by atoms with Crippen molar-refractivity contribution in [3.63, 3.8) is 0 Å². The summed E-state index contributed by atoms with van der Waals surface area (Å²) in [6.45, 7) is 7.14. The highest BCUT2D eigenvalue weighted by Crippen LogP contribution is 2.32. The third-order valence-corrected chi connectivity index (χ3v) is 3.64. The number of hydrogen-bond acceptors (Lipinski definition) is 2. The maximum atomic E-state index is 12.7. The second-order valence-electron chi connectivity index (χ2n) is 6.71. The first-order valence-corrected chi connectivity index (χ1v) is 7.12. The topological polar surface area (TPSA) is 32.3 Å². The highest BCUT2D eigenvalue weighted by molar-refractivity contribution is 5.83. The molecule has 0 saturated carbocycles. The van der Waals surface area contributed by atoms with E-state index >= 15 is 0 Å². The molecule has 118 valence electrons. The molecule has 1 fully saturated rings. The average molecular weight is 294 g/mol. The number of nitrogens with one attached hydrogen (secondary N) is 1. The van der Waals surface area contributed by atoms with E-state index in [9.17, 15) is 18.0 Å². The number of piperidine rings is 1. The Morgan fingerprint density at radius 1 is 1.40 bits per heavy atom. The lowest BCUT2D eigenvalue weighted by Gasteiger charge is -2.41. The van der Waals surface area contributed by atoms with Crippen molar-refractivity contribution < 1.29 is 18.0 Å². The van der Waals surface area contributed by atoms with Gasteiger partial charge in [-0.15, -0.1) is 0 Å². The second kappa shape index (κ2) is 6.33. The molecule has 0 bridgehead atoms. The molecule has 1 heterocycles. The van der Waals surface area contributed by atoms with Crippen LogP contribution in [-0.4, -0.2) is 42.7 Å². The number of alkyl halides is 3. The van der Waals surface area contributed by atoms with Gasteiger partial charge in [-0.2, -0.15) is 13.2 Å². The molecule has 0 aromatic heterocycles. The van der Waals surface area contributed by atoms with Crippen molar-refractivity contribution in [3.8, 4) is 0 Å². The van der Waals surface area contributed by atoms with Crippen molar-refractivity contribution in [1.82, 2.24) is 10.2 Å². The van der Waals surface area contributed by atoms with Gasteiger partial charge in [-0.05, 0) is 30.7 Å². The molecule has 1 rings (SSSR count). The summed E-state index contributed by atoms with van der Waals surface area (Å²) >= 11 is 0. The molecule has 1 amide bonds. The molecular weight excluding hydrogens is 269 g/mol. The van der Waals surface area contributed by atoms with Gasteiger partial charge in [-0.1, -0.05) is 27.7 Å². The summed E-state index contributed by atoms with van der Waals surface area (Å²) in [5.41, 5.74) is -0.309. The Balaban J connectivity index is 2.86. The summed E-state index contributed by atoms with van der Waals surface area (Å²) in [7, 11) is 0. The number of amides is 1. The molecular formula is C14H25F3N2O. The molecule has 1 N–H and O–H groups in total. The van der Waals surface area contributed by atoms with Crippen LogP contribution in [0.15, 0.2) is 0 Å². The third-order valence-electron chi connectivity index (χ3n) is 3.64. The maximum absolute atomic E-state index is 12.7. The van der Waals surface area contributed by atoms with E-state index in [1.165, 1.54) is 0 Å². The van der Waals surface area contributed by atoms with Gasteiger partial charge in [0.1, 0.15) is 6.54 Å². The quantitative estimate of drug-likeness (QED) is 0.864. The van der Waals surface area contributed by atoms with Crippen LogP contribution in [0.3, 0.4) is 0 Å². The van der Waals surface area contributed by atoms with Crippen molar-refractivity contribution in [2.24, 2.45) is 11.3 Å². The van der Waals surface area contributed by atoms with Crippen LogP contribution in [0.1, 0.15) is 40.5 Å². The largest absolute Gasteiger partial charge is 0.406 e. The summed E-state index contributed by atoms with van der Waals surface area (Å²) in [5, 5.41) is 3.09. The predicted molar refractivity (Wildman–Crippen MR) is 72.3 cm³/mol. The van der Waals surface area contributed by atoms with Crippen molar-refractivity contribution in [2.45, 2.75) is 52.8 Å². The summed E-state index contributed by atoms with van der Waals surface area (Å²) < 4.78 is 38.0. The smallest absolute Gasteiger partial charge is 0.332 e. The molecule has 20 heavy (non-hydrogen) atoms. The molecule has 0 radical (unpaired) electrons. The zero-order valence-electron chi connectivity index (χ0n) is 12.7. The van der Waals surface area contributed by atoms with Crippen LogP contribution in [0.2, 0.25) is 0 Å². The monoisotopic (exact) mass is 294 g/mol. The zero-order chi connectivity index (χ0) is 15.6. The first-order chi connectivity index (χ1) is 9.03. The van der Waals surface area contributed by atoms with E-state index in [1.807, 2.05) is 27.7 Å². The maximum Gasteiger partial charge on any atom is 0.406 e. The Labute approximate surface area is 118 Å². The molecule has 1 saturated heterocycles. The van der Waals surface area contributed by atoms with Gasteiger partial charge < -0.3 is 10.2 Å². The van der Waals surface area contributed by atoms with E-state index in [1.54, 1.807) is 0 Å². The molecule has 0 aromatic rings. The summed E-state index contributed by atoms with van der Waals surface area (Å²) in [4.78, 5) is 13.4. The van der Waals surface area contributed by atoms with Gasteiger partial charge in [0.05, 0.1) is 6.04 Å². The van der Waals surface area contributed by atoms with Crippen LogP contribution in [0.5, 0.6) is 0 Å². The number of nitrogens with zero attached hydrogens (tertiary/aromatic N) is 1. The summed E-state index contributed by atoms with van der Waals surface area (Å²) in [6.07, 6.45) is -2.57. The van der Waals surface area contributed by atoms with E-state index in [4.69, 9.17) is 0 Å². The first kappa shape index (κ1) is 17.3. The Bertz CT molecular complexity index is 340. The Kier molecular flexibility index (Phi) is 5.46. The van der Waals surface area contributed by atoms with Gasteiger partial charge in [-0.3, -0.25) is 4.79 Å². The second-order valence-corrected chi connectivity index (χ2v) is 6.71. The number of halogens is 3. The Morgan fingerprint density at radius 3 is 2.45 bits per heavy atom. The van der Waals surface area contributed by atoms with Crippen molar-refractivity contribution in [1.29, 1.82) is 0 Å². The van der Waals surface area contributed by atoms with Gasteiger partial charge in [0.2, 0.25) is 5.91 Å². The summed E-state index contributed by atoms with van der Waals surface area (Å²) in [6, 6.07) is -0.530. The van der Waals surface area contributed by atoms with Gasteiger partial charge in [-0.25, -0.2) is 0 Å². The first-order valence-electron chi connectivity index (χ1n) is 7.12.